The summed E-state index contributed by atoms with van der Waals surface area (Å²) < 4.78 is 5.71. The lowest BCUT2D eigenvalue weighted by Gasteiger charge is -2.30. The SMILES string of the molecule is CC(C)N(C)CCCCNCC1CN(C)CCO1. The maximum atomic E-state index is 5.71. The maximum absolute atomic E-state index is 5.71. The molecule has 0 aliphatic carbocycles. The molecule has 4 nitrogen and oxygen atoms in total. The number of morpholine rings is 1. The highest BCUT2D eigenvalue weighted by molar-refractivity contribution is 4.71. The van der Waals surface area contributed by atoms with Gasteiger partial charge in [0.05, 0.1) is 12.7 Å². The molecule has 0 saturated carbocycles. The van der Waals surface area contributed by atoms with E-state index in [1.807, 2.05) is 0 Å². The summed E-state index contributed by atoms with van der Waals surface area (Å²) in [4.78, 5) is 4.74. The average Bonchev–Trinajstić information content (AvgIpc) is 2.33. The van der Waals surface area contributed by atoms with Crippen LogP contribution in [0.2, 0.25) is 0 Å². The number of ether oxygens (including phenoxy) is 1. The first-order valence-electron chi connectivity index (χ1n) is 7.30. The van der Waals surface area contributed by atoms with E-state index in [9.17, 15) is 0 Å². The molecule has 1 unspecified atom stereocenters. The predicted octanol–water partition coefficient (Wildman–Crippen LogP) is 1.03. The van der Waals surface area contributed by atoms with E-state index in [0.29, 0.717) is 12.1 Å². The van der Waals surface area contributed by atoms with Crippen LogP contribution in [0, 0.1) is 0 Å². The van der Waals surface area contributed by atoms with Crippen molar-refractivity contribution in [3.05, 3.63) is 0 Å². The molecule has 4 heteroatoms. The molecule has 1 fully saturated rings. The third-order valence-electron chi connectivity index (χ3n) is 3.71. The van der Waals surface area contributed by atoms with Crippen LogP contribution in [0.1, 0.15) is 26.7 Å². The minimum absolute atomic E-state index is 0.377. The van der Waals surface area contributed by atoms with Gasteiger partial charge in [-0.25, -0.2) is 0 Å². The molecule has 0 bridgehead atoms. The van der Waals surface area contributed by atoms with Crippen molar-refractivity contribution in [2.45, 2.75) is 38.8 Å². The minimum Gasteiger partial charge on any atom is -0.374 e. The zero-order chi connectivity index (χ0) is 13.4. The van der Waals surface area contributed by atoms with Gasteiger partial charge in [0.1, 0.15) is 0 Å². The van der Waals surface area contributed by atoms with Crippen molar-refractivity contribution in [2.75, 3.05) is 53.4 Å². The topological polar surface area (TPSA) is 27.7 Å². The molecule has 18 heavy (non-hydrogen) atoms. The summed E-state index contributed by atoms with van der Waals surface area (Å²) in [5, 5.41) is 3.51. The quantitative estimate of drug-likeness (QED) is 0.657. The Labute approximate surface area is 113 Å². The van der Waals surface area contributed by atoms with Gasteiger partial charge < -0.3 is 19.9 Å². The molecule has 1 heterocycles. The van der Waals surface area contributed by atoms with Crippen molar-refractivity contribution in [3.8, 4) is 0 Å². The Morgan fingerprint density at radius 3 is 2.83 bits per heavy atom. The first-order valence-corrected chi connectivity index (χ1v) is 7.30. The molecule has 1 rings (SSSR count). The van der Waals surface area contributed by atoms with Gasteiger partial charge >= 0.3 is 0 Å². The summed E-state index contributed by atoms with van der Waals surface area (Å²) in [6.07, 6.45) is 2.90. The van der Waals surface area contributed by atoms with Gasteiger partial charge in [0.15, 0.2) is 0 Å². The van der Waals surface area contributed by atoms with Crippen molar-refractivity contribution < 1.29 is 4.74 Å². The molecule has 108 valence electrons. The summed E-state index contributed by atoms with van der Waals surface area (Å²) in [5.41, 5.74) is 0. The predicted molar refractivity (Wildman–Crippen MR) is 77.1 cm³/mol. The second-order valence-corrected chi connectivity index (χ2v) is 5.74. The Morgan fingerprint density at radius 2 is 2.17 bits per heavy atom. The van der Waals surface area contributed by atoms with Gasteiger partial charge in [-0.2, -0.15) is 0 Å². The molecular weight excluding hydrogens is 226 g/mol. The lowest BCUT2D eigenvalue weighted by molar-refractivity contribution is -0.0180. The molecule has 1 saturated heterocycles. The second kappa shape index (κ2) is 8.86. The summed E-state index contributed by atoms with van der Waals surface area (Å²) in [5.74, 6) is 0. The van der Waals surface area contributed by atoms with E-state index in [1.165, 1.54) is 19.4 Å². The summed E-state index contributed by atoms with van der Waals surface area (Å²) in [6.45, 7) is 10.8. The van der Waals surface area contributed by atoms with E-state index in [2.05, 4.69) is 43.1 Å². The van der Waals surface area contributed by atoms with Crippen LogP contribution >= 0.6 is 0 Å². The van der Waals surface area contributed by atoms with Crippen LogP contribution in [0.15, 0.2) is 0 Å². The Kier molecular flexibility index (Phi) is 7.82. The lowest BCUT2D eigenvalue weighted by Crippen LogP contribution is -2.45. The second-order valence-electron chi connectivity index (χ2n) is 5.74. The van der Waals surface area contributed by atoms with Crippen LogP contribution in [0.4, 0.5) is 0 Å². The third-order valence-corrected chi connectivity index (χ3v) is 3.71. The van der Waals surface area contributed by atoms with Crippen LogP contribution in [0.3, 0.4) is 0 Å². The minimum atomic E-state index is 0.377. The molecule has 1 atom stereocenters. The monoisotopic (exact) mass is 257 g/mol. The molecule has 1 aliphatic rings. The maximum Gasteiger partial charge on any atom is 0.0826 e. The number of hydrogen-bond acceptors (Lipinski definition) is 4. The number of hydrogen-bond donors (Lipinski definition) is 1. The molecule has 0 aromatic heterocycles. The number of unbranched alkanes of at least 4 members (excludes halogenated alkanes) is 1. The van der Waals surface area contributed by atoms with Crippen molar-refractivity contribution >= 4 is 0 Å². The van der Waals surface area contributed by atoms with Crippen LogP contribution < -0.4 is 5.32 Å². The molecular formula is C14H31N3O. The Morgan fingerprint density at radius 1 is 1.39 bits per heavy atom. The first kappa shape index (κ1) is 15.9. The van der Waals surface area contributed by atoms with Crippen molar-refractivity contribution in [1.29, 1.82) is 0 Å². The van der Waals surface area contributed by atoms with E-state index in [-0.39, 0.29) is 0 Å². The molecule has 1 N–H and O–H groups in total. The standard InChI is InChI=1S/C14H31N3O/c1-13(2)17(4)8-6-5-7-15-11-14-12-16(3)9-10-18-14/h13-15H,5-12H2,1-4H3. The van der Waals surface area contributed by atoms with Crippen molar-refractivity contribution in [3.63, 3.8) is 0 Å². The van der Waals surface area contributed by atoms with Crippen LogP contribution in [0.5, 0.6) is 0 Å². The smallest absolute Gasteiger partial charge is 0.0826 e. The molecule has 0 aromatic rings. The fourth-order valence-electron chi connectivity index (χ4n) is 2.12. The summed E-state index contributed by atoms with van der Waals surface area (Å²) >= 11 is 0. The fraction of sp³-hybridized carbons (Fsp3) is 1.00. The van der Waals surface area contributed by atoms with E-state index >= 15 is 0 Å². The normalized spacial score (nSPS) is 22.0. The number of nitrogens with one attached hydrogen (secondary N) is 1. The highest BCUT2D eigenvalue weighted by atomic mass is 16.5. The van der Waals surface area contributed by atoms with Gasteiger partial charge in [-0.05, 0) is 53.9 Å². The zero-order valence-corrected chi connectivity index (χ0v) is 12.6. The molecule has 0 radical (unpaired) electrons. The number of rotatable bonds is 8. The van der Waals surface area contributed by atoms with Gasteiger partial charge in [-0.3, -0.25) is 0 Å². The van der Waals surface area contributed by atoms with E-state index < -0.39 is 0 Å². The van der Waals surface area contributed by atoms with E-state index in [0.717, 1.165) is 32.8 Å². The zero-order valence-electron chi connectivity index (χ0n) is 12.6. The fourth-order valence-corrected chi connectivity index (χ4v) is 2.12. The number of nitrogens with zero attached hydrogens (tertiary/aromatic N) is 2. The first-order chi connectivity index (χ1) is 8.59. The average molecular weight is 257 g/mol. The van der Waals surface area contributed by atoms with Gasteiger partial charge in [-0.1, -0.05) is 0 Å². The Bertz CT molecular complexity index is 211. The summed E-state index contributed by atoms with van der Waals surface area (Å²) in [7, 11) is 4.36. The van der Waals surface area contributed by atoms with Crippen LogP contribution in [-0.2, 0) is 4.74 Å². The van der Waals surface area contributed by atoms with Gasteiger partial charge in [-0.15, -0.1) is 0 Å². The Balaban J connectivity index is 1.92. The largest absolute Gasteiger partial charge is 0.374 e. The summed E-state index contributed by atoms with van der Waals surface area (Å²) in [6, 6.07) is 0.657. The third kappa shape index (κ3) is 6.69. The van der Waals surface area contributed by atoms with Crippen molar-refractivity contribution in [2.24, 2.45) is 0 Å². The van der Waals surface area contributed by atoms with Crippen LogP contribution in [0.25, 0.3) is 0 Å². The molecule has 0 spiro atoms. The van der Waals surface area contributed by atoms with Crippen molar-refractivity contribution in [1.82, 2.24) is 15.1 Å². The van der Waals surface area contributed by atoms with E-state index in [1.54, 1.807) is 0 Å². The Hall–Kier alpha value is -0.160. The highest BCUT2D eigenvalue weighted by Crippen LogP contribution is 2.02. The lowest BCUT2D eigenvalue weighted by atomic mass is 10.2. The molecule has 1 aliphatic heterocycles. The number of likely N-dealkylation sites (N-methyl/N-ethyl adjacent to an activating group) is 1. The molecule has 0 amide bonds. The van der Waals surface area contributed by atoms with Gasteiger partial charge in [0, 0.05) is 25.7 Å². The highest BCUT2D eigenvalue weighted by Gasteiger charge is 2.16. The van der Waals surface area contributed by atoms with Gasteiger partial charge in [0.25, 0.3) is 0 Å². The molecule has 0 aromatic carbocycles. The van der Waals surface area contributed by atoms with Gasteiger partial charge in [0.2, 0.25) is 0 Å². The van der Waals surface area contributed by atoms with Crippen LogP contribution in [-0.4, -0.2) is 75.4 Å². The van der Waals surface area contributed by atoms with E-state index in [4.69, 9.17) is 4.74 Å².